The summed E-state index contributed by atoms with van der Waals surface area (Å²) in [6, 6.07) is 16.6. The topological polar surface area (TPSA) is 172 Å². The molecule has 2 saturated carbocycles. The average molecular weight is 705 g/mol. The van der Waals surface area contributed by atoms with Crippen LogP contribution in [-0.4, -0.2) is 44.6 Å². The van der Waals surface area contributed by atoms with Gasteiger partial charge in [0.2, 0.25) is 11.8 Å². The molecule has 1 aromatic heterocycles. The molecule has 3 fully saturated rings. The monoisotopic (exact) mass is 704 g/mol. The fraction of sp³-hybridized carbons (Fsp3) is 0.273. The highest BCUT2D eigenvalue weighted by molar-refractivity contribution is 8.00. The van der Waals surface area contributed by atoms with Crippen molar-refractivity contribution in [1.29, 1.82) is 0 Å². The Kier molecular flexibility index (Phi) is 7.34. The van der Waals surface area contributed by atoms with Crippen LogP contribution in [-0.2, 0) is 14.4 Å². The van der Waals surface area contributed by atoms with Crippen molar-refractivity contribution >= 4 is 69.5 Å². The Hall–Kier alpha value is -4.66. The number of nitrogens with one attached hydrogen (secondary N) is 2. The van der Waals surface area contributed by atoms with Crippen molar-refractivity contribution in [3.63, 3.8) is 0 Å². The number of carbonyl (C=O) groups excluding carboxylic acids is 3. The Labute approximate surface area is 285 Å². The van der Waals surface area contributed by atoms with E-state index in [4.69, 9.17) is 16.3 Å². The summed E-state index contributed by atoms with van der Waals surface area (Å²) < 4.78 is 6.09. The number of phenols is 1. The van der Waals surface area contributed by atoms with Gasteiger partial charge in [0.25, 0.3) is 11.6 Å². The maximum Gasteiger partial charge on any atom is 0.305 e. The van der Waals surface area contributed by atoms with E-state index in [0.29, 0.717) is 39.2 Å². The molecule has 12 nitrogen and oxygen atoms in total. The molecule has 4 unspecified atom stereocenters. The zero-order valence-corrected chi connectivity index (χ0v) is 27.1. The predicted molar refractivity (Wildman–Crippen MR) is 178 cm³/mol. The third-order valence-corrected chi connectivity index (χ3v) is 12.7. The molecule has 3 aromatic carbocycles. The number of hydrogen-bond donors (Lipinski definition) is 3. The number of fused-ring (bicyclic) bond motifs is 9. The average Bonchev–Trinajstić information content (AvgIpc) is 3.80. The van der Waals surface area contributed by atoms with Crippen molar-refractivity contribution in [2.75, 3.05) is 16.8 Å². The predicted octanol–water partition coefficient (Wildman–Crippen LogP) is 5.40. The summed E-state index contributed by atoms with van der Waals surface area (Å²) in [4.78, 5) is 68.9. The van der Waals surface area contributed by atoms with Crippen LogP contribution in [0.1, 0.15) is 22.8 Å². The Morgan fingerprint density at radius 2 is 1.75 bits per heavy atom. The second-order valence-electron chi connectivity index (χ2n) is 12.3. The molecule has 2 aliphatic heterocycles. The number of anilines is 2. The molecule has 3 amide bonds. The van der Waals surface area contributed by atoms with E-state index < -0.39 is 28.6 Å². The molecule has 48 heavy (non-hydrogen) atoms. The van der Waals surface area contributed by atoms with Gasteiger partial charge in [0, 0.05) is 44.5 Å². The second kappa shape index (κ2) is 11.5. The highest BCUT2D eigenvalue weighted by atomic mass is 35.5. The molecular weight excluding hydrogens is 680 g/mol. The van der Waals surface area contributed by atoms with Crippen LogP contribution in [0.5, 0.6) is 11.5 Å². The molecule has 2 bridgehead atoms. The third kappa shape index (κ3) is 4.89. The maximum absolute atomic E-state index is 14.0. The fourth-order valence-electron chi connectivity index (χ4n) is 8.12. The number of carbonyl (C=O) groups is 3. The minimum Gasteiger partial charge on any atom is -0.508 e. The van der Waals surface area contributed by atoms with Gasteiger partial charge in [-0.05, 0) is 78.8 Å². The zero-order chi connectivity index (χ0) is 33.4. The Balaban J connectivity index is 1.13. The van der Waals surface area contributed by atoms with E-state index in [2.05, 4.69) is 10.3 Å². The van der Waals surface area contributed by atoms with Gasteiger partial charge in [-0.25, -0.2) is 0 Å². The Morgan fingerprint density at radius 3 is 2.46 bits per heavy atom. The number of amides is 3. The molecule has 2 aliphatic carbocycles. The number of nitro benzene ring substituents is 1. The first-order valence-corrected chi connectivity index (χ1v) is 17.2. The van der Waals surface area contributed by atoms with E-state index in [9.17, 15) is 34.4 Å². The molecule has 244 valence electrons. The van der Waals surface area contributed by atoms with Gasteiger partial charge < -0.3 is 20.1 Å². The van der Waals surface area contributed by atoms with Crippen molar-refractivity contribution in [2.45, 2.75) is 22.6 Å². The lowest BCUT2D eigenvalue weighted by Gasteiger charge is -2.43. The lowest BCUT2D eigenvalue weighted by molar-refractivity contribution is -0.384. The number of H-pyrrole nitrogens is 1. The van der Waals surface area contributed by atoms with Crippen LogP contribution in [0.2, 0.25) is 5.02 Å². The number of nitrogens with zero attached hydrogens (tertiary/aromatic N) is 2. The van der Waals surface area contributed by atoms with Crippen molar-refractivity contribution in [3.05, 3.63) is 102 Å². The number of thiazole rings is 1. The van der Waals surface area contributed by atoms with E-state index in [1.807, 2.05) is 0 Å². The van der Waals surface area contributed by atoms with Gasteiger partial charge in [0.1, 0.15) is 11.5 Å². The number of aromatic nitrogens is 1. The molecule has 7 atom stereocenters. The number of nitro groups is 1. The van der Waals surface area contributed by atoms with Crippen LogP contribution in [0.15, 0.2) is 76.6 Å². The van der Waals surface area contributed by atoms with Crippen LogP contribution in [0, 0.1) is 39.7 Å². The van der Waals surface area contributed by atoms with E-state index in [-0.39, 0.29) is 57.7 Å². The highest BCUT2D eigenvalue weighted by Gasteiger charge is 2.70. The second-order valence-corrected chi connectivity index (χ2v) is 15.0. The van der Waals surface area contributed by atoms with Gasteiger partial charge in [-0.2, -0.15) is 0 Å². The van der Waals surface area contributed by atoms with Crippen molar-refractivity contribution in [1.82, 2.24) is 4.98 Å². The first-order chi connectivity index (χ1) is 23.1. The molecule has 0 spiro atoms. The molecule has 4 aromatic rings. The number of ether oxygens (including phenoxy) is 1. The standard InChI is InChI=1S/C33H25ClN4O8S2/c34-14-1-10-22(46-13-23(40)35-15-2-8-18(39)9-3-15)19(11-14)24-25-20-12-21(28(25)47-30-29(24)48-33(43)36-30)27-26(20)31(41)37(32(27)42)16-4-6-17(7-5-16)38(44)45/h1-11,20-21,24-28,39H,12-13H2,(H,35,40)(H,36,43)/t20-,21-,24-,25?,26?,27?,28?/m1/s1. The van der Waals surface area contributed by atoms with E-state index in [0.717, 1.165) is 16.2 Å². The van der Waals surface area contributed by atoms with E-state index in [1.54, 1.807) is 30.3 Å². The first-order valence-electron chi connectivity index (χ1n) is 15.1. The lowest BCUT2D eigenvalue weighted by atomic mass is 9.68. The number of non-ortho nitro benzene ring substituents is 1. The van der Waals surface area contributed by atoms with E-state index in [1.165, 1.54) is 53.1 Å². The normalized spacial score (nSPS) is 26.6. The summed E-state index contributed by atoms with van der Waals surface area (Å²) in [5.74, 6) is -2.61. The molecule has 0 radical (unpaired) electrons. The highest BCUT2D eigenvalue weighted by Crippen LogP contribution is 2.69. The van der Waals surface area contributed by atoms with Crippen LogP contribution < -0.4 is 19.8 Å². The van der Waals surface area contributed by atoms with Gasteiger partial charge in [-0.15, -0.1) is 11.8 Å². The number of thioether (sulfide) groups is 1. The Bertz CT molecular complexity index is 2070. The SMILES string of the molecule is O=C(COc1ccc(Cl)cc1[C@H]1c2sc(=O)[nH]c2SC2C1[C@H]1C[C@@H]2C2C(=O)N(c3ccc([N+](=O)[O-])cc3)C(=O)C21)Nc1ccc(O)cc1. The summed E-state index contributed by atoms with van der Waals surface area (Å²) in [7, 11) is 0. The molecule has 3 heterocycles. The third-order valence-electron chi connectivity index (χ3n) is 9.86. The smallest absolute Gasteiger partial charge is 0.305 e. The largest absolute Gasteiger partial charge is 0.508 e. The van der Waals surface area contributed by atoms with Crippen LogP contribution in [0.25, 0.3) is 0 Å². The number of aromatic hydroxyl groups is 1. The van der Waals surface area contributed by atoms with Crippen molar-refractivity contribution < 1.29 is 29.2 Å². The molecule has 1 saturated heterocycles. The Morgan fingerprint density at radius 1 is 1.04 bits per heavy atom. The number of benzene rings is 3. The molecule has 8 rings (SSSR count). The summed E-state index contributed by atoms with van der Waals surface area (Å²) >= 11 is 9.18. The van der Waals surface area contributed by atoms with Crippen molar-refractivity contribution in [3.8, 4) is 11.5 Å². The molecule has 3 N–H and O–H groups in total. The van der Waals surface area contributed by atoms with Gasteiger partial charge >= 0.3 is 4.87 Å². The van der Waals surface area contributed by atoms with Crippen LogP contribution >= 0.6 is 34.7 Å². The summed E-state index contributed by atoms with van der Waals surface area (Å²) in [6.07, 6.45) is 0.657. The van der Waals surface area contributed by atoms with Gasteiger partial charge in [-0.1, -0.05) is 22.9 Å². The number of hydrogen-bond acceptors (Lipinski definition) is 10. The van der Waals surface area contributed by atoms with Gasteiger partial charge in [-0.3, -0.25) is 34.2 Å². The first kappa shape index (κ1) is 30.7. The number of rotatable bonds is 7. The van der Waals surface area contributed by atoms with Crippen LogP contribution in [0.4, 0.5) is 17.1 Å². The quantitative estimate of drug-likeness (QED) is 0.0986. The minimum atomic E-state index is -0.584. The minimum absolute atomic E-state index is 0.0695. The van der Waals surface area contributed by atoms with Crippen LogP contribution in [0.3, 0.4) is 0 Å². The molecule has 4 aliphatic rings. The summed E-state index contributed by atoms with van der Waals surface area (Å²) in [5.41, 5.74) is 1.33. The molecule has 15 heteroatoms. The van der Waals surface area contributed by atoms with Crippen molar-refractivity contribution in [2.24, 2.45) is 29.6 Å². The zero-order valence-electron chi connectivity index (χ0n) is 24.7. The van der Waals surface area contributed by atoms with Gasteiger partial charge in [0.15, 0.2) is 6.61 Å². The fourth-order valence-corrected chi connectivity index (χ4v) is 11.2. The summed E-state index contributed by atoms with van der Waals surface area (Å²) in [6.45, 7) is -0.324. The van der Waals surface area contributed by atoms with Gasteiger partial charge in [0.05, 0.1) is 27.5 Å². The number of halogens is 1. The number of aromatic amines is 1. The number of imide groups is 1. The van der Waals surface area contributed by atoms with E-state index >= 15 is 0 Å². The summed E-state index contributed by atoms with van der Waals surface area (Å²) in [5, 5.41) is 24.5. The lowest BCUT2D eigenvalue weighted by Crippen LogP contribution is -2.42. The maximum atomic E-state index is 14.0. The number of phenolic OH excluding ortho intramolecular Hbond substituents is 1. The molecular formula is C33H25ClN4O8S2.